The SMILES string of the molecule is Cc1cc2c(C(=O)N[C@H](c3ccccc3)C(F)(F)F)c(CN3CCC(N4CCCCC4)CC3)c(-c3cccc(C(F)(F)F)c3)nc2cc1OC(C)C. The second-order valence-corrected chi connectivity index (χ2v) is 14.2. The fourth-order valence-electron chi connectivity index (χ4n) is 7.47. The van der Waals surface area contributed by atoms with Gasteiger partial charge in [-0.25, -0.2) is 4.98 Å². The Kier molecular flexibility index (Phi) is 11.2. The molecule has 52 heavy (non-hydrogen) atoms. The van der Waals surface area contributed by atoms with Crippen LogP contribution in [-0.2, 0) is 12.7 Å². The summed E-state index contributed by atoms with van der Waals surface area (Å²) in [7, 11) is 0. The quantitative estimate of drug-likeness (QED) is 0.174. The van der Waals surface area contributed by atoms with Crippen molar-refractivity contribution in [2.75, 3.05) is 26.2 Å². The molecule has 2 aliphatic heterocycles. The zero-order valence-corrected chi connectivity index (χ0v) is 29.6. The topological polar surface area (TPSA) is 57.7 Å². The van der Waals surface area contributed by atoms with Crippen molar-refractivity contribution in [2.45, 2.75) is 90.0 Å². The number of halogens is 6. The number of aryl methyl sites for hydroxylation is 1. The number of nitrogens with zero attached hydrogens (tertiary/aromatic N) is 3. The Balaban J connectivity index is 1.52. The van der Waals surface area contributed by atoms with Gasteiger partial charge in [0.2, 0.25) is 0 Å². The zero-order valence-electron chi connectivity index (χ0n) is 29.6. The molecule has 0 spiro atoms. The van der Waals surface area contributed by atoms with Gasteiger partial charge in [0.1, 0.15) is 5.75 Å². The molecule has 12 heteroatoms. The number of likely N-dealkylation sites (tertiary alicyclic amines) is 2. The van der Waals surface area contributed by atoms with E-state index in [9.17, 15) is 31.1 Å². The number of benzene rings is 3. The summed E-state index contributed by atoms with van der Waals surface area (Å²) in [5.74, 6) is -0.553. The van der Waals surface area contributed by atoms with Gasteiger partial charge in [-0.1, -0.05) is 48.9 Å². The molecule has 3 aromatic carbocycles. The van der Waals surface area contributed by atoms with E-state index in [2.05, 4.69) is 15.1 Å². The minimum atomic E-state index is -4.84. The predicted octanol–water partition coefficient (Wildman–Crippen LogP) is 9.50. The first-order valence-electron chi connectivity index (χ1n) is 17.9. The number of amides is 1. The molecular weight excluding hydrogens is 682 g/mol. The van der Waals surface area contributed by atoms with Crippen molar-refractivity contribution in [3.05, 3.63) is 94.5 Å². The molecule has 0 radical (unpaired) electrons. The van der Waals surface area contributed by atoms with Gasteiger partial charge in [0.15, 0.2) is 6.04 Å². The van der Waals surface area contributed by atoms with Crippen LogP contribution < -0.4 is 10.1 Å². The van der Waals surface area contributed by atoms with Crippen LogP contribution in [-0.4, -0.2) is 65.2 Å². The standard InChI is InChI=1S/C40H44F6N4O2/c1-25(2)52-34-23-33-31(21-26(34)3)35(38(51)48-37(40(44,45)46)27-11-6-4-7-12-27)32(36(47-33)28-13-10-14-29(22-28)39(41,42)43)24-49-19-15-30(16-20-49)50-17-8-5-9-18-50/h4,6-7,10-14,21-23,25,30,37H,5,8-9,15-20,24H2,1-3H3,(H,48,51)/t37-/m1/s1. The highest BCUT2D eigenvalue weighted by Crippen LogP contribution is 2.39. The third-order valence-electron chi connectivity index (χ3n) is 10.0. The van der Waals surface area contributed by atoms with Gasteiger partial charge in [-0.15, -0.1) is 0 Å². The number of carbonyl (C=O) groups is 1. The Hall–Kier alpha value is -4.16. The highest BCUT2D eigenvalue weighted by molar-refractivity contribution is 6.09. The summed E-state index contributed by atoms with van der Waals surface area (Å²) in [5, 5.41) is 2.55. The lowest BCUT2D eigenvalue weighted by Crippen LogP contribution is -2.46. The minimum absolute atomic E-state index is 0.0556. The van der Waals surface area contributed by atoms with Crippen LogP contribution in [0.25, 0.3) is 22.2 Å². The van der Waals surface area contributed by atoms with Gasteiger partial charge < -0.3 is 15.0 Å². The first-order valence-corrected chi connectivity index (χ1v) is 17.9. The molecule has 1 aromatic heterocycles. The molecule has 3 heterocycles. The number of hydrogen-bond acceptors (Lipinski definition) is 5. The van der Waals surface area contributed by atoms with Crippen molar-refractivity contribution in [1.29, 1.82) is 0 Å². The minimum Gasteiger partial charge on any atom is -0.491 e. The first-order chi connectivity index (χ1) is 24.7. The maximum absolute atomic E-state index is 14.6. The third-order valence-corrected chi connectivity index (χ3v) is 10.0. The van der Waals surface area contributed by atoms with Gasteiger partial charge in [-0.2, -0.15) is 26.3 Å². The second-order valence-electron chi connectivity index (χ2n) is 14.2. The van der Waals surface area contributed by atoms with Crippen molar-refractivity contribution < 1.29 is 35.9 Å². The number of alkyl halides is 6. The molecule has 1 atom stereocenters. The van der Waals surface area contributed by atoms with Crippen molar-refractivity contribution in [3.63, 3.8) is 0 Å². The summed E-state index contributed by atoms with van der Waals surface area (Å²) in [5.41, 5.74) is 0.217. The van der Waals surface area contributed by atoms with E-state index in [1.54, 1.807) is 25.1 Å². The van der Waals surface area contributed by atoms with Crippen molar-refractivity contribution in [2.24, 2.45) is 0 Å². The lowest BCUT2D eigenvalue weighted by Gasteiger charge is -2.40. The van der Waals surface area contributed by atoms with E-state index in [1.807, 2.05) is 13.8 Å². The van der Waals surface area contributed by atoms with Gasteiger partial charge in [0.05, 0.1) is 28.4 Å². The molecule has 4 aromatic rings. The monoisotopic (exact) mass is 726 g/mol. The van der Waals surface area contributed by atoms with E-state index >= 15 is 0 Å². The number of ether oxygens (including phenoxy) is 1. The zero-order chi connectivity index (χ0) is 37.2. The molecule has 1 N–H and O–H groups in total. The fourth-order valence-corrected chi connectivity index (χ4v) is 7.47. The van der Waals surface area contributed by atoms with Gasteiger partial charge in [-0.05, 0) is 102 Å². The van der Waals surface area contributed by atoms with E-state index in [0.29, 0.717) is 30.4 Å². The van der Waals surface area contributed by atoms with Gasteiger partial charge >= 0.3 is 12.4 Å². The predicted molar refractivity (Wildman–Crippen MR) is 189 cm³/mol. The number of aromatic nitrogens is 1. The smallest absolute Gasteiger partial charge is 0.416 e. The summed E-state index contributed by atoms with van der Waals surface area (Å²) in [6.07, 6.45) is -4.46. The van der Waals surface area contributed by atoms with Crippen LogP contribution in [0.4, 0.5) is 26.3 Å². The Morgan fingerprint density at radius 3 is 2.23 bits per heavy atom. The number of hydrogen-bond donors (Lipinski definition) is 1. The van der Waals surface area contributed by atoms with Crippen LogP contribution in [0.2, 0.25) is 0 Å². The maximum atomic E-state index is 14.6. The Morgan fingerprint density at radius 1 is 0.904 bits per heavy atom. The Labute approximate surface area is 300 Å². The van der Waals surface area contributed by atoms with E-state index in [-0.39, 0.29) is 51.5 Å². The molecule has 1 amide bonds. The summed E-state index contributed by atoms with van der Waals surface area (Å²) in [6.45, 7) is 8.95. The molecule has 0 saturated carbocycles. The molecule has 0 aliphatic carbocycles. The van der Waals surface area contributed by atoms with Crippen molar-refractivity contribution in [1.82, 2.24) is 20.1 Å². The molecule has 0 bridgehead atoms. The van der Waals surface area contributed by atoms with Crippen LogP contribution in [0.5, 0.6) is 5.75 Å². The van der Waals surface area contributed by atoms with Crippen LogP contribution in [0, 0.1) is 6.92 Å². The highest BCUT2D eigenvalue weighted by atomic mass is 19.4. The Bertz CT molecular complexity index is 1860. The molecule has 0 unspecified atom stereocenters. The van der Waals surface area contributed by atoms with Gasteiger partial charge in [-0.3, -0.25) is 9.69 Å². The summed E-state index contributed by atoms with van der Waals surface area (Å²) < 4.78 is 92.0. The average Bonchev–Trinajstić information content (AvgIpc) is 3.11. The van der Waals surface area contributed by atoms with Gasteiger partial charge in [0.25, 0.3) is 5.91 Å². The largest absolute Gasteiger partial charge is 0.491 e. The van der Waals surface area contributed by atoms with E-state index < -0.39 is 29.9 Å². The number of carbonyl (C=O) groups excluding carboxylic acids is 1. The normalized spacial score (nSPS) is 17.4. The van der Waals surface area contributed by atoms with Crippen LogP contribution >= 0.6 is 0 Å². The molecular formula is C40H44F6N4O2. The van der Waals surface area contributed by atoms with Crippen molar-refractivity contribution >= 4 is 16.8 Å². The average molecular weight is 727 g/mol. The lowest BCUT2D eigenvalue weighted by molar-refractivity contribution is -0.155. The van der Waals surface area contributed by atoms with Crippen LogP contribution in [0.1, 0.15) is 84.6 Å². The number of fused-ring (bicyclic) bond motifs is 1. The number of rotatable bonds is 9. The molecule has 2 saturated heterocycles. The van der Waals surface area contributed by atoms with E-state index in [0.717, 1.165) is 50.9 Å². The summed E-state index contributed by atoms with van der Waals surface area (Å²) in [4.78, 5) is 24.0. The molecule has 278 valence electrons. The molecule has 6 nitrogen and oxygen atoms in total. The third kappa shape index (κ3) is 8.55. The molecule has 6 rings (SSSR count). The van der Waals surface area contributed by atoms with E-state index in [1.165, 1.54) is 42.8 Å². The summed E-state index contributed by atoms with van der Waals surface area (Å²) in [6, 6.07) is 13.1. The second kappa shape index (κ2) is 15.4. The van der Waals surface area contributed by atoms with Gasteiger partial charge in [0, 0.05) is 35.2 Å². The molecule has 2 fully saturated rings. The maximum Gasteiger partial charge on any atom is 0.416 e. The highest BCUT2D eigenvalue weighted by Gasteiger charge is 2.43. The molecule has 2 aliphatic rings. The fraction of sp³-hybridized carbons (Fsp3) is 0.450. The number of pyridine rings is 1. The summed E-state index contributed by atoms with van der Waals surface area (Å²) >= 11 is 0. The van der Waals surface area contributed by atoms with Crippen molar-refractivity contribution in [3.8, 4) is 17.0 Å². The van der Waals surface area contributed by atoms with Crippen LogP contribution in [0.3, 0.4) is 0 Å². The first kappa shape index (κ1) is 37.6. The number of piperidine rings is 2. The van der Waals surface area contributed by atoms with E-state index in [4.69, 9.17) is 9.72 Å². The van der Waals surface area contributed by atoms with Crippen LogP contribution in [0.15, 0.2) is 66.7 Å². The lowest BCUT2D eigenvalue weighted by atomic mass is 9.92. The number of nitrogens with one attached hydrogen (secondary N) is 1. The Morgan fingerprint density at radius 2 is 1.60 bits per heavy atom.